The van der Waals surface area contributed by atoms with Gasteiger partial charge in [-0.05, 0) is 55.9 Å². The molecule has 1 aromatic carbocycles. The molecule has 2 saturated heterocycles. The summed E-state index contributed by atoms with van der Waals surface area (Å²) in [6.45, 7) is 7.89. The summed E-state index contributed by atoms with van der Waals surface area (Å²) in [5.74, 6) is 0.899. The highest BCUT2D eigenvalue weighted by Crippen LogP contribution is 2.35. The van der Waals surface area contributed by atoms with E-state index in [-0.39, 0.29) is 34.6 Å². The summed E-state index contributed by atoms with van der Waals surface area (Å²) in [5, 5.41) is 0.107. The molecular formula is C28H36N4O4S2. The number of thiophene rings is 1. The fourth-order valence-corrected chi connectivity index (χ4v) is 9.39. The predicted molar refractivity (Wildman–Crippen MR) is 150 cm³/mol. The van der Waals surface area contributed by atoms with Crippen molar-refractivity contribution >= 4 is 37.5 Å². The Morgan fingerprint density at radius 3 is 2.39 bits per heavy atom. The average Bonchev–Trinajstić information content (AvgIpc) is 3.23. The molecule has 2 atom stereocenters. The molecule has 3 aromatic rings. The van der Waals surface area contributed by atoms with Crippen molar-refractivity contribution in [1.29, 1.82) is 0 Å². The molecule has 0 aliphatic carbocycles. The number of nitrogens with zero attached hydrogens (tertiary/aromatic N) is 4. The molecule has 4 heterocycles. The molecule has 2 aliphatic heterocycles. The molecule has 2 aliphatic rings. The Balaban J connectivity index is 1.34. The van der Waals surface area contributed by atoms with Gasteiger partial charge in [0.05, 0.1) is 11.7 Å². The van der Waals surface area contributed by atoms with Crippen molar-refractivity contribution in [2.75, 3.05) is 26.2 Å². The lowest BCUT2D eigenvalue weighted by atomic mass is 9.90. The third kappa shape index (κ3) is 5.44. The second-order valence-corrected chi connectivity index (χ2v) is 14.2. The van der Waals surface area contributed by atoms with Crippen LogP contribution in [0.3, 0.4) is 0 Å². The van der Waals surface area contributed by atoms with Crippen molar-refractivity contribution in [1.82, 2.24) is 18.8 Å². The number of sulfonamides is 1. The van der Waals surface area contributed by atoms with Gasteiger partial charge in [-0.25, -0.2) is 13.4 Å². The topological polar surface area (TPSA) is 92.6 Å². The van der Waals surface area contributed by atoms with E-state index in [9.17, 15) is 18.0 Å². The van der Waals surface area contributed by atoms with Crippen LogP contribution >= 0.6 is 11.3 Å². The Labute approximate surface area is 228 Å². The normalized spacial score (nSPS) is 21.7. The summed E-state index contributed by atoms with van der Waals surface area (Å²) in [7, 11) is -3.87. The Morgan fingerprint density at radius 1 is 1.08 bits per heavy atom. The molecule has 1 amide bonds. The minimum absolute atomic E-state index is 0.0554. The number of piperidine rings is 2. The smallest absolute Gasteiger partial charge is 0.263 e. The first-order valence-corrected chi connectivity index (χ1v) is 15.7. The third-order valence-electron chi connectivity index (χ3n) is 7.87. The van der Waals surface area contributed by atoms with E-state index in [1.165, 1.54) is 32.1 Å². The van der Waals surface area contributed by atoms with Crippen LogP contribution in [0.15, 0.2) is 46.3 Å². The average molecular weight is 557 g/mol. The monoisotopic (exact) mass is 556 g/mol. The largest absolute Gasteiger partial charge is 0.341 e. The molecule has 2 unspecified atom stereocenters. The number of aromatic nitrogens is 2. The van der Waals surface area contributed by atoms with E-state index in [1.54, 1.807) is 6.92 Å². The standard InChI is InChI=1S/C28H36N4O4S2/c1-19-13-20(2)16-32(15-19)38(35,36)26-21(3)37-27-25(26)28(34)31(18-29-27)17-24(33)30-11-9-23(10-12-30)14-22-7-5-4-6-8-22/h4-8,18-20,23H,9-17H2,1-3H3. The number of carbonyl (C=O) groups is 1. The molecule has 5 rings (SSSR count). The molecule has 10 heteroatoms. The van der Waals surface area contributed by atoms with Crippen LogP contribution in [0.25, 0.3) is 10.2 Å². The SMILES string of the molecule is Cc1sc2ncn(CC(=O)N3CCC(Cc4ccccc4)CC3)c(=O)c2c1S(=O)(=O)N1CC(C)CC(C)C1. The zero-order valence-electron chi connectivity index (χ0n) is 22.3. The highest BCUT2D eigenvalue weighted by atomic mass is 32.2. The number of hydrogen-bond acceptors (Lipinski definition) is 6. The summed E-state index contributed by atoms with van der Waals surface area (Å²) in [6, 6.07) is 10.4. The molecule has 38 heavy (non-hydrogen) atoms. The fraction of sp³-hybridized carbons (Fsp3) is 0.536. The van der Waals surface area contributed by atoms with Crippen LogP contribution in [0.4, 0.5) is 0 Å². The summed E-state index contributed by atoms with van der Waals surface area (Å²) in [4.78, 5) is 33.9. The number of amides is 1. The van der Waals surface area contributed by atoms with Gasteiger partial charge in [0.2, 0.25) is 15.9 Å². The zero-order valence-corrected chi connectivity index (χ0v) is 23.9. The molecule has 0 bridgehead atoms. The van der Waals surface area contributed by atoms with Crippen molar-refractivity contribution in [3.8, 4) is 0 Å². The maximum atomic E-state index is 13.8. The molecule has 0 spiro atoms. The Bertz CT molecular complexity index is 1460. The first-order valence-electron chi connectivity index (χ1n) is 13.4. The van der Waals surface area contributed by atoms with Crippen LogP contribution in [-0.4, -0.2) is 59.3 Å². The Kier molecular flexibility index (Phi) is 7.75. The van der Waals surface area contributed by atoms with Gasteiger partial charge in [0.1, 0.15) is 16.3 Å². The van der Waals surface area contributed by atoms with Crippen molar-refractivity contribution in [3.63, 3.8) is 0 Å². The van der Waals surface area contributed by atoms with Crippen molar-refractivity contribution < 1.29 is 13.2 Å². The highest BCUT2D eigenvalue weighted by Gasteiger charge is 2.36. The number of carbonyl (C=O) groups excluding carboxylic acids is 1. The number of hydrogen-bond donors (Lipinski definition) is 0. The molecule has 204 valence electrons. The van der Waals surface area contributed by atoms with Crippen LogP contribution in [0.1, 0.15) is 43.6 Å². The lowest BCUT2D eigenvalue weighted by Gasteiger charge is -2.34. The maximum absolute atomic E-state index is 13.8. The Hall–Kier alpha value is -2.56. The summed E-state index contributed by atoms with van der Waals surface area (Å²) < 4.78 is 30.3. The first kappa shape index (κ1) is 27.0. The van der Waals surface area contributed by atoms with E-state index < -0.39 is 15.6 Å². The third-order valence-corrected chi connectivity index (χ3v) is 11.0. The zero-order chi connectivity index (χ0) is 27.0. The lowest BCUT2D eigenvalue weighted by Crippen LogP contribution is -2.43. The molecule has 8 nitrogen and oxygen atoms in total. The van der Waals surface area contributed by atoms with E-state index in [2.05, 4.69) is 43.1 Å². The molecule has 2 aromatic heterocycles. The molecule has 0 N–H and O–H groups in total. The van der Waals surface area contributed by atoms with Crippen LogP contribution in [0.5, 0.6) is 0 Å². The van der Waals surface area contributed by atoms with E-state index in [0.717, 1.165) is 25.7 Å². The molecule has 0 radical (unpaired) electrons. The number of benzene rings is 1. The van der Waals surface area contributed by atoms with Gasteiger partial charge in [-0.2, -0.15) is 4.31 Å². The molecule has 2 fully saturated rings. The van der Waals surface area contributed by atoms with Gasteiger partial charge in [0.15, 0.2) is 0 Å². The van der Waals surface area contributed by atoms with E-state index >= 15 is 0 Å². The second-order valence-electron chi connectivity index (χ2n) is 11.1. The highest BCUT2D eigenvalue weighted by molar-refractivity contribution is 7.89. The van der Waals surface area contributed by atoms with Gasteiger partial charge in [-0.15, -0.1) is 11.3 Å². The Morgan fingerprint density at radius 2 is 1.74 bits per heavy atom. The summed E-state index contributed by atoms with van der Waals surface area (Å²) >= 11 is 1.22. The van der Waals surface area contributed by atoms with Crippen molar-refractivity contribution in [2.24, 2.45) is 17.8 Å². The number of likely N-dealkylation sites (tertiary alicyclic amines) is 1. The first-order chi connectivity index (χ1) is 18.1. The quantitative estimate of drug-likeness (QED) is 0.459. The molecular weight excluding hydrogens is 520 g/mol. The van der Waals surface area contributed by atoms with Gasteiger partial charge in [-0.3, -0.25) is 14.2 Å². The predicted octanol–water partition coefficient (Wildman–Crippen LogP) is 3.91. The van der Waals surface area contributed by atoms with Crippen molar-refractivity contribution in [2.45, 2.75) is 57.9 Å². The van der Waals surface area contributed by atoms with Crippen LogP contribution in [0, 0.1) is 24.7 Å². The van der Waals surface area contributed by atoms with Crippen LogP contribution < -0.4 is 5.56 Å². The fourth-order valence-electron chi connectivity index (χ4n) is 6.05. The number of aryl methyl sites for hydroxylation is 1. The van der Waals surface area contributed by atoms with E-state index in [1.807, 2.05) is 11.0 Å². The minimum Gasteiger partial charge on any atom is -0.341 e. The van der Waals surface area contributed by atoms with E-state index in [0.29, 0.717) is 41.8 Å². The summed E-state index contributed by atoms with van der Waals surface area (Å²) in [6.07, 6.45) is 5.21. The van der Waals surface area contributed by atoms with Gasteiger partial charge in [0, 0.05) is 31.1 Å². The minimum atomic E-state index is -3.87. The van der Waals surface area contributed by atoms with Gasteiger partial charge >= 0.3 is 0 Å². The van der Waals surface area contributed by atoms with Crippen molar-refractivity contribution in [3.05, 3.63) is 57.5 Å². The van der Waals surface area contributed by atoms with Gasteiger partial charge < -0.3 is 4.90 Å². The lowest BCUT2D eigenvalue weighted by molar-refractivity contribution is -0.133. The van der Waals surface area contributed by atoms with Crippen LogP contribution in [-0.2, 0) is 27.8 Å². The number of rotatable bonds is 6. The van der Waals surface area contributed by atoms with Crippen LogP contribution in [0.2, 0.25) is 0 Å². The van der Waals surface area contributed by atoms with Gasteiger partial charge in [-0.1, -0.05) is 44.2 Å². The second kappa shape index (κ2) is 10.9. The number of fused-ring (bicyclic) bond motifs is 1. The van der Waals surface area contributed by atoms with Gasteiger partial charge in [0.25, 0.3) is 5.56 Å². The van der Waals surface area contributed by atoms with E-state index in [4.69, 9.17) is 0 Å². The maximum Gasteiger partial charge on any atom is 0.263 e. The molecule has 0 saturated carbocycles. The summed E-state index contributed by atoms with van der Waals surface area (Å²) in [5.41, 5.74) is 0.844.